The van der Waals surface area contributed by atoms with Crippen LogP contribution in [0, 0.1) is 5.92 Å². The van der Waals surface area contributed by atoms with Gasteiger partial charge in [0.1, 0.15) is 36.3 Å². The molecule has 1 aliphatic rings. The summed E-state index contributed by atoms with van der Waals surface area (Å²) in [5, 5.41) is 32.6. The average molecular weight is 806 g/mol. The first-order valence-corrected chi connectivity index (χ1v) is 20.6. The Labute approximate surface area is 327 Å². The second kappa shape index (κ2) is 26.6. The lowest BCUT2D eigenvalue weighted by Crippen LogP contribution is -2.60. The first kappa shape index (κ1) is 48.8. The fraction of sp³-hybridized carbons (Fsp3) is 0.794. The highest BCUT2D eigenvalue weighted by atomic mass is 32.2. The third-order valence-electron chi connectivity index (χ3n) is 8.90. The van der Waals surface area contributed by atoms with Crippen molar-refractivity contribution in [3.8, 4) is 0 Å². The van der Waals surface area contributed by atoms with Gasteiger partial charge < -0.3 is 58.9 Å². The van der Waals surface area contributed by atoms with E-state index in [0.717, 1.165) is 0 Å². The number of unbranched alkanes of at least 4 members (excludes halogenated alkanes) is 2. The summed E-state index contributed by atoms with van der Waals surface area (Å²) in [7, 11) is 0. The van der Waals surface area contributed by atoms with Gasteiger partial charge in [0.05, 0.1) is 12.6 Å². The number of aliphatic hydroxyl groups excluding tert-OH is 1. The molecule has 0 aromatic carbocycles. The smallest absolute Gasteiger partial charge is 0.326 e. The largest absolute Gasteiger partial charge is 0.480 e. The van der Waals surface area contributed by atoms with Crippen LogP contribution in [-0.4, -0.2) is 143 Å². The molecule has 310 valence electrons. The maximum atomic E-state index is 13.6. The maximum Gasteiger partial charge on any atom is 0.326 e. The third kappa shape index (κ3) is 17.1. The highest BCUT2D eigenvalue weighted by molar-refractivity contribution is 7.98. The summed E-state index contributed by atoms with van der Waals surface area (Å²) in [6, 6.07) is -7.96. The van der Waals surface area contributed by atoms with Crippen LogP contribution >= 0.6 is 24.4 Å². The van der Waals surface area contributed by atoms with Gasteiger partial charge in [-0.3, -0.25) is 28.8 Å². The zero-order valence-corrected chi connectivity index (χ0v) is 33.4. The summed E-state index contributed by atoms with van der Waals surface area (Å²) in [4.78, 5) is 92.9. The molecule has 13 N–H and O–H groups in total. The van der Waals surface area contributed by atoms with Crippen molar-refractivity contribution in [1.82, 2.24) is 31.5 Å². The second-order valence-corrected chi connectivity index (χ2v) is 15.1. The Bertz CT molecular complexity index is 1230. The third-order valence-corrected chi connectivity index (χ3v) is 9.91. The van der Waals surface area contributed by atoms with E-state index in [1.54, 1.807) is 0 Å². The van der Waals surface area contributed by atoms with Crippen molar-refractivity contribution in [3.05, 3.63) is 0 Å². The Balaban J connectivity index is 3.08. The fourth-order valence-corrected chi connectivity index (χ4v) is 6.57. The molecule has 1 heterocycles. The van der Waals surface area contributed by atoms with E-state index in [4.69, 9.17) is 17.2 Å². The monoisotopic (exact) mass is 805 g/mol. The van der Waals surface area contributed by atoms with Gasteiger partial charge in [-0.1, -0.05) is 20.3 Å². The minimum Gasteiger partial charge on any atom is -0.480 e. The number of nitrogens with zero attached hydrogens (tertiary/aromatic N) is 1. The van der Waals surface area contributed by atoms with Gasteiger partial charge in [0.15, 0.2) is 0 Å². The molecule has 1 saturated heterocycles. The maximum absolute atomic E-state index is 13.6. The van der Waals surface area contributed by atoms with Gasteiger partial charge in [-0.05, 0) is 88.8 Å². The molecular weight excluding hydrogens is 743 g/mol. The van der Waals surface area contributed by atoms with Gasteiger partial charge in [0, 0.05) is 12.3 Å². The van der Waals surface area contributed by atoms with Crippen molar-refractivity contribution >= 4 is 65.8 Å². The number of hydrogen-bond donors (Lipinski definition) is 11. The molecule has 0 saturated carbocycles. The van der Waals surface area contributed by atoms with Crippen LogP contribution in [0.15, 0.2) is 0 Å². The van der Waals surface area contributed by atoms with Crippen LogP contribution in [0.25, 0.3) is 0 Å². The summed E-state index contributed by atoms with van der Waals surface area (Å²) in [6.07, 6.45) is 5.86. The molecule has 18 nitrogen and oxygen atoms in total. The molecule has 1 aliphatic heterocycles. The number of likely N-dealkylation sites (tertiary alicyclic amines) is 1. The Morgan fingerprint density at radius 1 is 0.759 bits per heavy atom. The van der Waals surface area contributed by atoms with E-state index in [2.05, 4.69) is 39.2 Å². The molecule has 1 fully saturated rings. The first-order chi connectivity index (χ1) is 25.6. The number of nitrogens with one attached hydrogen (secondary N) is 5. The van der Waals surface area contributed by atoms with E-state index in [0.29, 0.717) is 63.8 Å². The number of thioether (sulfide) groups is 1. The molecular formula is C34H63N9O9S2. The minimum absolute atomic E-state index is 0.0502. The summed E-state index contributed by atoms with van der Waals surface area (Å²) >= 11 is 5.64. The summed E-state index contributed by atoms with van der Waals surface area (Å²) in [5.41, 5.74) is 17.2. The van der Waals surface area contributed by atoms with Crippen LogP contribution in [0.2, 0.25) is 0 Å². The SMILES string of the molecule is CSCC[C@H](NC(=O)[C@@H](N)CCCCN)C(=O)N[C@@H](CS)C(=O)N[C@@H](CO)C(=O)N[C@@H](CCCCN)C(=O)N[C@@H](CC(C)C)C(=O)N1CCC[C@H]1C(=O)O. The van der Waals surface area contributed by atoms with Crippen molar-refractivity contribution in [1.29, 1.82) is 0 Å². The number of thiol groups is 1. The van der Waals surface area contributed by atoms with Crippen LogP contribution in [0.1, 0.15) is 78.1 Å². The van der Waals surface area contributed by atoms with Gasteiger partial charge in [0.2, 0.25) is 35.4 Å². The first-order valence-electron chi connectivity index (χ1n) is 18.6. The zero-order chi connectivity index (χ0) is 40.8. The van der Waals surface area contributed by atoms with Gasteiger partial charge >= 0.3 is 5.97 Å². The Kier molecular flexibility index (Phi) is 24.1. The van der Waals surface area contributed by atoms with Crippen molar-refractivity contribution in [2.24, 2.45) is 23.1 Å². The van der Waals surface area contributed by atoms with E-state index >= 15 is 0 Å². The van der Waals surface area contributed by atoms with E-state index in [1.807, 2.05) is 20.1 Å². The highest BCUT2D eigenvalue weighted by Gasteiger charge is 2.39. The topological polar surface area (TPSA) is 301 Å². The van der Waals surface area contributed by atoms with Gasteiger partial charge in [0.25, 0.3) is 0 Å². The van der Waals surface area contributed by atoms with Crippen molar-refractivity contribution in [2.75, 3.05) is 44.0 Å². The minimum atomic E-state index is -1.55. The normalized spacial score (nSPS) is 17.4. The molecule has 0 aromatic rings. The van der Waals surface area contributed by atoms with Gasteiger partial charge in [-0.15, -0.1) is 0 Å². The van der Waals surface area contributed by atoms with Crippen LogP contribution in [0.5, 0.6) is 0 Å². The number of rotatable bonds is 27. The van der Waals surface area contributed by atoms with Crippen molar-refractivity contribution < 1.29 is 43.8 Å². The number of carbonyl (C=O) groups is 7. The second-order valence-electron chi connectivity index (χ2n) is 13.8. The molecule has 0 unspecified atom stereocenters. The number of carboxylic acid groups (broad SMARTS) is 1. The molecule has 0 aliphatic carbocycles. The molecule has 20 heteroatoms. The van der Waals surface area contributed by atoms with E-state index in [1.165, 1.54) is 16.7 Å². The standard InChI is InChI=1S/C34H63N9O9S2/c1-20(2)17-24(33(50)43-15-8-11-27(43)34(51)52)40-29(46)22(10-5-7-14-36)39-31(48)25(18-44)41-32(49)26(19-53)42-30(47)23(12-16-54-3)38-28(45)21(37)9-4-6-13-35/h20-27,44,53H,4-19,35-37H2,1-3H3,(H,38,45)(H,39,48)(H,40,46)(H,41,49)(H,42,47)(H,51,52)/t21-,22-,23-,24-,25-,26-,27-/m0/s1. The Morgan fingerprint density at radius 3 is 1.80 bits per heavy atom. The lowest BCUT2D eigenvalue weighted by molar-refractivity contribution is -0.149. The van der Waals surface area contributed by atoms with Crippen LogP contribution in [0.4, 0.5) is 0 Å². The molecule has 6 amide bonds. The van der Waals surface area contributed by atoms with Gasteiger partial charge in [-0.2, -0.15) is 24.4 Å². The lowest BCUT2D eigenvalue weighted by Gasteiger charge is -2.30. The Hall–Kier alpha value is -3.17. The number of aliphatic carboxylic acids is 1. The quantitative estimate of drug-likeness (QED) is 0.0311. The lowest BCUT2D eigenvalue weighted by atomic mass is 10.0. The predicted octanol–water partition coefficient (Wildman–Crippen LogP) is -2.21. The average Bonchev–Trinajstić information content (AvgIpc) is 3.63. The number of carboxylic acids is 1. The van der Waals surface area contributed by atoms with E-state index in [9.17, 15) is 43.8 Å². The summed E-state index contributed by atoms with van der Waals surface area (Å²) in [5.74, 6) is -5.06. The number of hydrogen-bond acceptors (Lipinski definition) is 13. The molecule has 0 aromatic heterocycles. The fourth-order valence-electron chi connectivity index (χ4n) is 5.84. The molecule has 0 spiro atoms. The van der Waals surface area contributed by atoms with Crippen LogP contribution in [0.3, 0.4) is 0 Å². The van der Waals surface area contributed by atoms with E-state index < -0.39 is 90.3 Å². The zero-order valence-electron chi connectivity index (χ0n) is 31.7. The molecule has 0 bridgehead atoms. The number of aliphatic hydroxyl groups is 1. The summed E-state index contributed by atoms with van der Waals surface area (Å²) < 4.78 is 0. The summed E-state index contributed by atoms with van der Waals surface area (Å²) in [6.45, 7) is 3.85. The highest BCUT2D eigenvalue weighted by Crippen LogP contribution is 2.20. The Morgan fingerprint density at radius 2 is 1.26 bits per heavy atom. The molecule has 1 rings (SSSR count). The van der Waals surface area contributed by atoms with E-state index in [-0.39, 0.29) is 37.5 Å². The molecule has 0 radical (unpaired) electrons. The van der Waals surface area contributed by atoms with Gasteiger partial charge in [-0.25, -0.2) is 4.79 Å². The number of carbonyl (C=O) groups excluding carboxylic acids is 6. The van der Waals surface area contributed by atoms with Crippen molar-refractivity contribution in [3.63, 3.8) is 0 Å². The van der Waals surface area contributed by atoms with Crippen LogP contribution in [-0.2, 0) is 33.6 Å². The predicted molar refractivity (Wildman–Crippen MR) is 209 cm³/mol. The molecule has 7 atom stereocenters. The molecule has 54 heavy (non-hydrogen) atoms. The number of amides is 6. The van der Waals surface area contributed by atoms with Crippen molar-refractivity contribution in [2.45, 2.75) is 120 Å². The van der Waals surface area contributed by atoms with Crippen LogP contribution < -0.4 is 43.8 Å². The number of nitrogens with two attached hydrogens (primary N) is 3.